The van der Waals surface area contributed by atoms with Crippen LogP contribution in [0.4, 0.5) is 0 Å². The molecule has 1 amide bonds. The monoisotopic (exact) mass is 224 g/mol. The van der Waals surface area contributed by atoms with Crippen LogP contribution in [0.5, 0.6) is 0 Å². The Morgan fingerprint density at radius 1 is 1.25 bits per heavy atom. The van der Waals surface area contributed by atoms with E-state index in [1.807, 2.05) is 0 Å². The smallest absolute Gasteiger partial charge is 0.224 e. The lowest BCUT2D eigenvalue weighted by Gasteiger charge is -2.32. The van der Waals surface area contributed by atoms with Crippen LogP contribution in [0.25, 0.3) is 0 Å². The van der Waals surface area contributed by atoms with Crippen LogP contribution >= 0.6 is 0 Å². The topological polar surface area (TPSA) is 32.3 Å². The van der Waals surface area contributed by atoms with Gasteiger partial charge in [-0.15, -0.1) is 0 Å². The van der Waals surface area contributed by atoms with Crippen molar-refractivity contribution >= 4 is 5.91 Å². The molecule has 0 aromatic carbocycles. The van der Waals surface area contributed by atoms with E-state index < -0.39 is 0 Å². The van der Waals surface area contributed by atoms with Gasteiger partial charge in [-0.25, -0.2) is 0 Å². The number of hydrogen-bond acceptors (Lipinski definition) is 2. The third-order valence-corrected chi connectivity index (χ3v) is 3.97. The lowest BCUT2D eigenvalue weighted by molar-refractivity contribution is -0.133. The van der Waals surface area contributed by atoms with Crippen LogP contribution < -0.4 is 5.32 Å². The predicted octanol–water partition coefficient (Wildman–Crippen LogP) is 1.78. The molecule has 2 heterocycles. The van der Waals surface area contributed by atoms with Crippen LogP contribution in [0.1, 0.15) is 45.4 Å². The van der Waals surface area contributed by atoms with Gasteiger partial charge in [0, 0.05) is 25.6 Å². The summed E-state index contributed by atoms with van der Waals surface area (Å²) in [6.45, 7) is 5.33. The largest absolute Gasteiger partial charge is 0.343 e. The van der Waals surface area contributed by atoms with Gasteiger partial charge in [0.15, 0.2) is 0 Å². The van der Waals surface area contributed by atoms with E-state index in [2.05, 4.69) is 17.1 Å². The molecule has 1 atom stereocenters. The van der Waals surface area contributed by atoms with Crippen molar-refractivity contribution in [1.82, 2.24) is 10.2 Å². The zero-order valence-electron chi connectivity index (χ0n) is 10.4. The molecule has 2 rings (SSSR count). The fourth-order valence-corrected chi connectivity index (χ4v) is 2.70. The van der Waals surface area contributed by atoms with Gasteiger partial charge in [0.1, 0.15) is 0 Å². The highest BCUT2D eigenvalue weighted by Gasteiger charge is 2.23. The standard InChI is InChI=1S/C13H24N2O/c1-11-5-8-15(9-6-11)13(16)10-12-4-2-3-7-14-12/h11-12,14H,2-10H2,1H3/t12-/m1/s1. The third kappa shape index (κ3) is 3.21. The molecule has 0 radical (unpaired) electrons. The second-order valence-corrected chi connectivity index (χ2v) is 5.41. The van der Waals surface area contributed by atoms with Gasteiger partial charge >= 0.3 is 0 Å². The predicted molar refractivity (Wildman–Crippen MR) is 65.2 cm³/mol. The number of nitrogens with zero attached hydrogens (tertiary/aromatic N) is 1. The van der Waals surface area contributed by atoms with Crippen molar-refractivity contribution < 1.29 is 4.79 Å². The molecule has 3 nitrogen and oxygen atoms in total. The Kier molecular flexibility index (Phi) is 4.22. The average Bonchev–Trinajstić information content (AvgIpc) is 2.31. The summed E-state index contributed by atoms with van der Waals surface area (Å²) < 4.78 is 0. The molecule has 1 N–H and O–H groups in total. The van der Waals surface area contributed by atoms with Crippen molar-refractivity contribution in [3.05, 3.63) is 0 Å². The van der Waals surface area contributed by atoms with E-state index in [0.717, 1.165) is 25.6 Å². The van der Waals surface area contributed by atoms with E-state index in [0.29, 0.717) is 18.4 Å². The first kappa shape index (κ1) is 11.9. The van der Waals surface area contributed by atoms with E-state index in [1.165, 1.54) is 32.1 Å². The maximum absolute atomic E-state index is 12.1. The molecule has 0 aromatic rings. The highest BCUT2D eigenvalue weighted by atomic mass is 16.2. The number of carbonyl (C=O) groups is 1. The van der Waals surface area contributed by atoms with Gasteiger partial charge in [0.25, 0.3) is 0 Å². The summed E-state index contributed by atoms with van der Waals surface area (Å²) in [5, 5.41) is 3.45. The summed E-state index contributed by atoms with van der Waals surface area (Å²) in [5.74, 6) is 1.17. The Labute approximate surface area is 98.6 Å². The lowest BCUT2D eigenvalue weighted by Crippen LogP contribution is -2.43. The van der Waals surface area contributed by atoms with E-state index in [1.54, 1.807) is 0 Å². The molecule has 2 aliphatic heterocycles. The van der Waals surface area contributed by atoms with E-state index >= 15 is 0 Å². The number of carbonyl (C=O) groups excluding carboxylic acids is 1. The van der Waals surface area contributed by atoms with Gasteiger partial charge in [-0.05, 0) is 38.1 Å². The minimum Gasteiger partial charge on any atom is -0.343 e. The maximum Gasteiger partial charge on any atom is 0.224 e. The molecule has 0 bridgehead atoms. The summed E-state index contributed by atoms with van der Waals surface area (Å²) >= 11 is 0. The zero-order chi connectivity index (χ0) is 11.4. The van der Waals surface area contributed by atoms with Gasteiger partial charge in [-0.1, -0.05) is 13.3 Å². The van der Waals surface area contributed by atoms with Crippen LogP contribution in [0, 0.1) is 5.92 Å². The first-order valence-electron chi connectivity index (χ1n) is 6.77. The Balaban J connectivity index is 1.74. The van der Waals surface area contributed by atoms with Crippen LogP contribution in [0.3, 0.4) is 0 Å². The molecule has 16 heavy (non-hydrogen) atoms. The van der Waals surface area contributed by atoms with Crippen molar-refractivity contribution in [2.24, 2.45) is 5.92 Å². The molecule has 0 aliphatic carbocycles. The Morgan fingerprint density at radius 3 is 2.62 bits per heavy atom. The SMILES string of the molecule is CC1CCN(C(=O)C[C@H]2CCCCN2)CC1. The minimum atomic E-state index is 0.367. The molecule has 3 heteroatoms. The normalized spacial score (nSPS) is 28.1. The maximum atomic E-state index is 12.1. The lowest BCUT2D eigenvalue weighted by atomic mass is 9.97. The average molecular weight is 224 g/mol. The van der Waals surface area contributed by atoms with Gasteiger partial charge in [-0.2, -0.15) is 0 Å². The molecule has 0 spiro atoms. The van der Waals surface area contributed by atoms with Crippen molar-refractivity contribution in [3.8, 4) is 0 Å². The van der Waals surface area contributed by atoms with Crippen LogP contribution in [-0.2, 0) is 4.79 Å². The Hall–Kier alpha value is -0.570. The van der Waals surface area contributed by atoms with Gasteiger partial charge < -0.3 is 10.2 Å². The summed E-state index contributed by atoms with van der Waals surface area (Å²) in [4.78, 5) is 14.1. The summed E-state index contributed by atoms with van der Waals surface area (Å²) in [6.07, 6.45) is 6.81. The number of hydrogen-bond donors (Lipinski definition) is 1. The molecule has 0 unspecified atom stereocenters. The molecule has 0 aromatic heterocycles. The molecule has 2 aliphatic rings. The minimum absolute atomic E-state index is 0.367. The van der Waals surface area contributed by atoms with E-state index in [4.69, 9.17) is 0 Å². The van der Waals surface area contributed by atoms with Gasteiger partial charge in [-0.3, -0.25) is 4.79 Å². The first-order valence-corrected chi connectivity index (χ1v) is 6.77. The Bertz CT molecular complexity index is 228. The number of nitrogens with one attached hydrogen (secondary N) is 1. The zero-order valence-corrected chi connectivity index (χ0v) is 10.4. The highest BCUT2D eigenvalue weighted by Crippen LogP contribution is 2.18. The third-order valence-electron chi connectivity index (χ3n) is 3.97. The number of likely N-dealkylation sites (tertiary alicyclic amines) is 1. The molecular weight excluding hydrogens is 200 g/mol. The molecule has 2 fully saturated rings. The van der Waals surface area contributed by atoms with Gasteiger partial charge in [0.2, 0.25) is 5.91 Å². The fraction of sp³-hybridized carbons (Fsp3) is 0.923. The highest BCUT2D eigenvalue weighted by molar-refractivity contribution is 5.76. The second-order valence-electron chi connectivity index (χ2n) is 5.41. The van der Waals surface area contributed by atoms with Crippen molar-refractivity contribution in [2.75, 3.05) is 19.6 Å². The summed E-state index contributed by atoms with van der Waals surface area (Å²) in [5.41, 5.74) is 0. The van der Waals surface area contributed by atoms with Crippen molar-refractivity contribution in [1.29, 1.82) is 0 Å². The van der Waals surface area contributed by atoms with E-state index in [-0.39, 0.29) is 0 Å². The van der Waals surface area contributed by atoms with Gasteiger partial charge in [0.05, 0.1) is 0 Å². The van der Waals surface area contributed by atoms with Crippen molar-refractivity contribution in [2.45, 2.75) is 51.5 Å². The number of piperidine rings is 2. The van der Waals surface area contributed by atoms with Crippen LogP contribution in [-0.4, -0.2) is 36.5 Å². The first-order chi connectivity index (χ1) is 7.75. The number of amides is 1. The van der Waals surface area contributed by atoms with E-state index in [9.17, 15) is 4.79 Å². The quantitative estimate of drug-likeness (QED) is 0.775. The molecule has 92 valence electrons. The summed E-state index contributed by atoms with van der Waals surface area (Å²) in [7, 11) is 0. The Morgan fingerprint density at radius 2 is 2.00 bits per heavy atom. The molecule has 0 saturated carbocycles. The van der Waals surface area contributed by atoms with Crippen LogP contribution in [0.2, 0.25) is 0 Å². The molecular formula is C13H24N2O. The second kappa shape index (κ2) is 5.67. The molecule has 2 saturated heterocycles. The number of rotatable bonds is 2. The van der Waals surface area contributed by atoms with Crippen molar-refractivity contribution in [3.63, 3.8) is 0 Å². The fourth-order valence-electron chi connectivity index (χ4n) is 2.70. The van der Waals surface area contributed by atoms with Crippen LogP contribution in [0.15, 0.2) is 0 Å². The summed E-state index contributed by atoms with van der Waals surface area (Å²) in [6, 6.07) is 0.445.